The maximum Gasteiger partial charge on any atom is 0.237 e. The van der Waals surface area contributed by atoms with Crippen LogP contribution < -0.4 is 15.8 Å². The summed E-state index contributed by atoms with van der Waals surface area (Å²) >= 11 is 0. The van der Waals surface area contributed by atoms with E-state index < -0.39 is 6.04 Å². The lowest BCUT2D eigenvalue weighted by molar-refractivity contribution is -0.123. The summed E-state index contributed by atoms with van der Waals surface area (Å²) in [5.74, 6) is 0.644. The van der Waals surface area contributed by atoms with Gasteiger partial charge in [0.15, 0.2) is 0 Å². The Morgan fingerprint density at radius 1 is 1.45 bits per heavy atom. The van der Waals surface area contributed by atoms with Gasteiger partial charge in [0.1, 0.15) is 6.10 Å². The van der Waals surface area contributed by atoms with E-state index in [1.54, 1.807) is 6.20 Å². The molecule has 0 unspecified atom stereocenters. The number of hydrogen-bond acceptors (Lipinski definition) is 4. The van der Waals surface area contributed by atoms with Crippen LogP contribution in [0.15, 0.2) is 18.3 Å². The quantitative estimate of drug-likeness (QED) is 0.841. The highest BCUT2D eigenvalue weighted by molar-refractivity contribution is 5.85. The van der Waals surface area contributed by atoms with Crippen LogP contribution in [-0.4, -0.2) is 23.0 Å². The van der Waals surface area contributed by atoms with Gasteiger partial charge in [-0.25, -0.2) is 4.98 Å². The third-order valence-electron chi connectivity index (χ3n) is 3.88. The van der Waals surface area contributed by atoms with Gasteiger partial charge in [0.2, 0.25) is 11.8 Å². The molecule has 2 rings (SSSR count). The molecular formula is C16H26ClN3O2. The van der Waals surface area contributed by atoms with Gasteiger partial charge in [-0.15, -0.1) is 12.4 Å². The molecular weight excluding hydrogens is 302 g/mol. The first kappa shape index (κ1) is 18.7. The van der Waals surface area contributed by atoms with Crippen LogP contribution in [0.5, 0.6) is 5.88 Å². The fourth-order valence-electron chi connectivity index (χ4n) is 2.41. The number of nitrogens with one attached hydrogen (secondary N) is 1. The molecule has 1 aromatic rings. The summed E-state index contributed by atoms with van der Waals surface area (Å²) in [5.41, 5.74) is 6.79. The van der Waals surface area contributed by atoms with Gasteiger partial charge in [-0.1, -0.05) is 13.8 Å². The van der Waals surface area contributed by atoms with E-state index in [2.05, 4.69) is 10.3 Å². The highest BCUT2D eigenvalue weighted by Gasteiger charge is 2.18. The van der Waals surface area contributed by atoms with E-state index in [0.29, 0.717) is 12.4 Å². The molecule has 0 aliphatic heterocycles. The Balaban J connectivity index is 0.00000242. The number of pyridine rings is 1. The van der Waals surface area contributed by atoms with Crippen molar-refractivity contribution in [3.05, 3.63) is 23.9 Å². The molecule has 1 aliphatic rings. The van der Waals surface area contributed by atoms with Crippen LogP contribution in [0.2, 0.25) is 0 Å². The van der Waals surface area contributed by atoms with Gasteiger partial charge in [0.05, 0.1) is 6.04 Å². The Kier molecular flexibility index (Phi) is 7.62. The summed E-state index contributed by atoms with van der Waals surface area (Å²) in [5, 5.41) is 2.85. The van der Waals surface area contributed by atoms with Crippen LogP contribution in [0.4, 0.5) is 0 Å². The van der Waals surface area contributed by atoms with Gasteiger partial charge < -0.3 is 15.8 Å². The molecule has 5 nitrogen and oxygen atoms in total. The van der Waals surface area contributed by atoms with E-state index in [1.165, 1.54) is 12.8 Å². The van der Waals surface area contributed by atoms with Crippen LogP contribution in [0.25, 0.3) is 0 Å². The standard InChI is InChI=1S/C16H25N3O2.ClH/c1-11(2)15(17)16(20)19-10-12-7-8-18-14(9-12)21-13-5-3-4-6-13;/h7-9,11,13,15H,3-6,10,17H2,1-2H3,(H,19,20);1H/t15-;/m0./s1. The van der Waals surface area contributed by atoms with Crippen LogP contribution >= 0.6 is 12.4 Å². The molecule has 124 valence electrons. The normalized spacial score (nSPS) is 16.2. The van der Waals surface area contributed by atoms with Crippen molar-refractivity contribution in [1.29, 1.82) is 0 Å². The zero-order valence-electron chi connectivity index (χ0n) is 13.2. The van der Waals surface area contributed by atoms with E-state index in [-0.39, 0.29) is 30.3 Å². The van der Waals surface area contributed by atoms with Crippen molar-refractivity contribution in [3.63, 3.8) is 0 Å². The number of rotatable bonds is 6. The molecule has 1 fully saturated rings. The summed E-state index contributed by atoms with van der Waals surface area (Å²) in [6.45, 7) is 4.32. The smallest absolute Gasteiger partial charge is 0.237 e. The predicted octanol–water partition coefficient (Wildman–Crippen LogP) is 2.42. The first-order valence-electron chi connectivity index (χ1n) is 7.71. The molecule has 1 heterocycles. The molecule has 0 radical (unpaired) electrons. The highest BCUT2D eigenvalue weighted by atomic mass is 35.5. The maximum absolute atomic E-state index is 11.8. The zero-order chi connectivity index (χ0) is 15.2. The Bertz CT molecular complexity index is 476. The van der Waals surface area contributed by atoms with Crippen molar-refractivity contribution in [2.24, 2.45) is 11.7 Å². The molecule has 0 spiro atoms. The van der Waals surface area contributed by atoms with E-state index in [4.69, 9.17) is 10.5 Å². The van der Waals surface area contributed by atoms with Gasteiger partial charge in [-0.3, -0.25) is 4.79 Å². The Labute approximate surface area is 138 Å². The van der Waals surface area contributed by atoms with Gasteiger partial charge >= 0.3 is 0 Å². The van der Waals surface area contributed by atoms with Crippen LogP contribution in [-0.2, 0) is 11.3 Å². The average molecular weight is 328 g/mol. The molecule has 0 aromatic carbocycles. The first-order valence-corrected chi connectivity index (χ1v) is 7.71. The van der Waals surface area contributed by atoms with Crippen molar-refractivity contribution < 1.29 is 9.53 Å². The Hall–Kier alpha value is -1.33. The van der Waals surface area contributed by atoms with Gasteiger partial charge in [-0.2, -0.15) is 0 Å². The van der Waals surface area contributed by atoms with Gasteiger partial charge in [0, 0.05) is 18.8 Å². The number of carbonyl (C=O) groups is 1. The number of nitrogens with two attached hydrogens (primary N) is 1. The Morgan fingerprint density at radius 3 is 2.77 bits per heavy atom. The van der Waals surface area contributed by atoms with Crippen LogP contribution in [0.1, 0.15) is 45.1 Å². The molecule has 3 N–H and O–H groups in total. The number of amides is 1. The van der Waals surface area contributed by atoms with Crippen molar-refractivity contribution in [2.45, 2.75) is 58.2 Å². The maximum atomic E-state index is 11.8. The zero-order valence-corrected chi connectivity index (χ0v) is 14.1. The van der Waals surface area contributed by atoms with E-state index in [0.717, 1.165) is 18.4 Å². The minimum Gasteiger partial charge on any atom is -0.474 e. The monoisotopic (exact) mass is 327 g/mol. The summed E-state index contributed by atoms with van der Waals surface area (Å²) in [4.78, 5) is 16.1. The van der Waals surface area contributed by atoms with Crippen molar-refractivity contribution >= 4 is 18.3 Å². The second-order valence-electron chi connectivity index (χ2n) is 6.01. The fraction of sp³-hybridized carbons (Fsp3) is 0.625. The SMILES string of the molecule is CC(C)[C@H](N)C(=O)NCc1ccnc(OC2CCCC2)c1.Cl. The third-order valence-corrected chi connectivity index (χ3v) is 3.88. The van der Waals surface area contributed by atoms with Crippen molar-refractivity contribution in [1.82, 2.24) is 10.3 Å². The molecule has 1 saturated carbocycles. The first-order chi connectivity index (χ1) is 10.1. The van der Waals surface area contributed by atoms with Crippen LogP contribution in [0.3, 0.4) is 0 Å². The minimum absolute atomic E-state index is 0. The number of halogens is 1. The number of ether oxygens (including phenoxy) is 1. The van der Waals surface area contributed by atoms with Gasteiger partial charge in [0.25, 0.3) is 0 Å². The largest absolute Gasteiger partial charge is 0.474 e. The van der Waals surface area contributed by atoms with E-state index >= 15 is 0 Å². The van der Waals surface area contributed by atoms with E-state index in [9.17, 15) is 4.79 Å². The molecule has 1 atom stereocenters. The lowest BCUT2D eigenvalue weighted by Crippen LogP contribution is -2.43. The predicted molar refractivity (Wildman–Crippen MR) is 89.0 cm³/mol. The number of hydrogen-bond donors (Lipinski definition) is 2. The lowest BCUT2D eigenvalue weighted by Gasteiger charge is -2.16. The van der Waals surface area contributed by atoms with E-state index in [1.807, 2.05) is 26.0 Å². The van der Waals surface area contributed by atoms with Crippen LogP contribution in [0, 0.1) is 5.92 Å². The second-order valence-corrected chi connectivity index (χ2v) is 6.01. The number of nitrogens with zero attached hydrogens (tertiary/aromatic N) is 1. The molecule has 1 aromatic heterocycles. The summed E-state index contributed by atoms with van der Waals surface area (Å²) in [6.07, 6.45) is 6.67. The molecule has 22 heavy (non-hydrogen) atoms. The molecule has 0 bridgehead atoms. The second kappa shape index (κ2) is 8.96. The Morgan fingerprint density at radius 2 is 2.14 bits per heavy atom. The third kappa shape index (κ3) is 5.46. The van der Waals surface area contributed by atoms with Gasteiger partial charge in [-0.05, 0) is 43.2 Å². The number of aromatic nitrogens is 1. The molecule has 1 amide bonds. The molecule has 1 aliphatic carbocycles. The number of carbonyl (C=O) groups excluding carboxylic acids is 1. The van der Waals surface area contributed by atoms with Crippen molar-refractivity contribution in [3.8, 4) is 5.88 Å². The van der Waals surface area contributed by atoms with Crippen molar-refractivity contribution in [2.75, 3.05) is 0 Å². The minimum atomic E-state index is -0.471. The highest BCUT2D eigenvalue weighted by Crippen LogP contribution is 2.23. The summed E-state index contributed by atoms with van der Waals surface area (Å²) < 4.78 is 5.86. The molecule has 0 saturated heterocycles. The average Bonchev–Trinajstić information content (AvgIpc) is 2.97. The lowest BCUT2D eigenvalue weighted by atomic mass is 10.1. The summed E-state index contributed by atoms with van der Waals surface area (Å²) in [6, 6.07) is 3.29. The summed E-state index contributed by atoms with van der Waals surface area (Å²) in [7, 11) is 0. The molecule has 6 heteroatoms. The topological polar surface area (TPSA) is 77.2 Å². The fourth-order valence-corrected chi connectivity index (χ4v) is 2.41.